The predicted molar refractivity (Wildman–Crippen MR) is 448 cm³/mol. The van der Waals surface area contributed by atoms with Crippen LogP contribution < -0.4 is 10.6 Å². The summed E-state index contributed by atoms with van der Waals surface area (Å²) in [5.41, 5.74) is 0. The van der Waals surface area contributed by atoms with Crippen molar-refractivity contribution in [2.45, 2.75) is 220 Å². The lowest BCUT2D eigenvalue weighted by Crippen LogP contribution is -2.61. The molecule has 0 spiro atoms. The number of nitrogens with one attached hydrogen (secondary N) is 2. The fraction of sp³-hybridized carbons (Fsp3) is 0.824. The molecule has 0 radical (unpaired) electrons. The van der Waals surface area contributed by atoms with E-state index >= 15 is 0 Å². The van der Waals surface area contributed by atoms with Crippen molar-refractivity contribution in [1.29, 1.82) is 0 Å². The van der Waals surface area contributed by atoms with E-state index < -0.39 is 438 Å². The van der Waals surface area contributed by atoms with Gasteiger partial charge in [-0.2, -0.15) is 0 Å². The molecule has 4 aliphatic heterocycles. The summed E-state index contributed by atoms with van der Waals surface area (Å²) in [6.07, 6.45) is -73.6. The van der Waals surface area contributed by atoms with Gasteiger partial charge in [-0.3, -0.25) is 67.7 Å². The van der Waals surface area contributed by atoms with Gasteiger partial charge in [-0.1, -0.05) is 20.6 Å². The number of aliphatic hydroxyl groups is 32. The van der Waals surface area contributed by atoms with Gasteiger partial charge in [0.25, 0.3) is 23.6 Å². The zero-order chi connectivity index (χ0) is 106. The lowest BCUT2D eigenvalue weighted by Gasteiger charge is -2.42. The van der Waals surface area contributed by atoms with Gasteiger partial charge in [-0.25, -0.2) is 0 Å². The number of carbonyl (C=O) groups is 9. The number of carboxylic acids is 3. The summed E-state index contributed by atoms with van der Waals surface area (Å²) in [5, 5.41) is 377. The smallest absolute Gasteiger partial charge is 0.317 e. The number of carbonyl (C=O) groups excluding carboxylic acids is 6. The van der Waals surface area contributed by atoms with Crippen molar-refractivity contribution in [2.75, 3.05) is 164 Å². The number of carboxylic acid groups (broad SMARTS) is 3. The summed E-state index contributed by atoms with van der Waals surface area (Å²) in [6.45, 7) is -23.9. The van der Waals surface area contributed by atoms with Gasteiger partial charge in [0.2, 0.25) is 11.8 Å². The first-order valence-electron chi connectivity index (χ1n) is 42.6. The highest BCUT2D eigenvalue weighted by molar-refractivity contribution is 5.97. The van der Waals surface area contributed by atoms with Crippen LogP contribution in [0.1, 0.15) is 0 Å². The van der Waals surface area contributed by atoms with Gasteiger partial charge in [-0.15, -0.1) is 0 Å². The maximum absolute atomic E-state index is 13.7. The van der Waals surface area contributed by atoms with Gasteiger partial charge in [0.05, 0.1) is 110 Å². The molecule has 0 aromatic carbocycles. The molecule has 4 saturated heterocycles. The largest absolute Gasteiger partial charge is 0.480 e. The van der Waals surface area contributed by atoms with Crippen LogP contribution >= 0.6 is 0 Å². The Hall–Kier alpha value is -8.25. The van der Waals surface area contributed by atoms with Crippen molar-refractivity contribution in [3.63, 3.8) is 0 Å². The molecule has 0 aromatic rings. The average Bonchev–Trinajstić information content (AvgIpc) is 0.814. The van der Waals surface area contributed by atoms with E-state index in [0.29, 0.717) is 24.9 Å². The monoisotopic (exact) mass is 2080 g/mol. The number of nitrogens with zero attached hydrogens (tertiary/aromatic N) is 9. The maximum Gasteiger partial charge on any atom is 0.317 e. The molecular weight excluding hydrogens is 1950 g/mol. The third-order valence-electron chi connectivity index (χ3n) is 21.3. The molecule has 28 unspecified atom stereocenters. The highest BCUT2D eigenvalue weighted by Crippen LogP contribution is 2.31. The van der Waals surface area contributed by atoms with E-state index in [-0.39, 0.29) is 15.3 Å². The Kier molecular flexibility index (Phi) is 58.3. The van der Waals surface area contributed by atoms with E-state index in [1.54, 1.807) is 0 Å². The summed E-state index contributed by atoms with van der Waals surface area (Å²) in [4.78, 5) is 142. The number of hydrogen-bond acceptors (Lipinski definition) is 60. The topological polar surface area (TPSA) is 1090 Å². The summed E-state index contributed by atoms with van der Waals surface area (Å²) in [5.74, 6) is -12.5. The lowest BCUT2D eigenvalue weighted by molar-refractivity contribution is -0.326. The van der Waals surface area contributed by atoms with E-state index in [0.717, 1.165) is 14.7 Å². The third kappa shape index (κ3) is 39.8. The molecule has 68 heteroatoms. The Morgan fingerprint density at radius 1 is 0.296 bits per heavy atom. The van der Waals surface area contributed by atoms with Gasteiger partial charge >= 0.3 is 17.9 Å². The third-order valence-corrected chi connectivity index (χ3v) is 21.3. The predicted octanol–water partition coefficient (Wildman–Crippen LogP) is -27.7. The second-order valence-corrected chi connectivity index (χ2v) is 31.7. The van der Waals surface area contributed by atoms with Crippen LogP contribution in [0.3, 0.4) is 0 Å². The molecule has 4 fully saturated rings. The molecule has 822 valence electrons. The molecule has 0 aliphatic carbocycles. The van der Waals surface area contributed by atoms with Crippen LogP contribution in [0.25, 0.3) is 0 Å². The van der Waals surface area contributed by atoms with Crippen LogP contribution in [0.2, 0.25) is 0 Å². The fourth-order valence-corrected chi connectivity index (χ4v) is 13.3. The van der Waals surface area contributed by atoms with E-state index in [9.17, 15) is 222 Å². The minimum Gasteiger partial charge on any atom is -0.480 e. The van der Waals surface area contributed by atoms with Gasteiger partial charge in [0.15, 0.2) is 51.6 Å². The van der Waals surface area contributed by atoms with Crippen LogP contribution in [0.4, 0.5) is 0 Å². The zero-order valence-electron chi connectivity index (χ0n) is 75.0. The van der Waals surface area contributed by atoms with Gasteiger partial charge in [0.1, 0.15) is 195 Å². The molecule has 0 saturated carbocycles. The molecule has 4 heterocycles. The first-order chi connectivity index (χ1) is 66.5. The quantitative estimate of drug-likeness (QED) is 0.0199. The van der Waals surface area contributed by atoms with E-state index in [2.05, 4.69) is 31.3 Å². The van der Waals surface area contributed by atoms with Crippen molar-refractivity contribution in [2.24, 2.45) is 20.6 Å². The standard InChI is InChI=1S/C74H127N11O56.H2O/c86-18-34(98)67(138-71-63(126)59(122)55(118)38(22-90)134-71)51(114)30(94)9-77-130-26-44(104)84(45(105)27-131-78-10-31(95)52(115)68(35(99)19-87)139-72-64(127)60(123)56(119)39(23-91)135-72)3-1-75-42(102)13-82(16-49(110)111)7-5-81(15-48(108)109)6-8-83(17-50(112)113)14-43(103)76-2-4-85(46(106)28-132-79-11-32(96)53(116)69(36(100)20-88)140-73-65(128)61(124)57(120)40(24-92)136-73)47(107)29-133-80-12-33(97)54(117)70(37(101)21-89)141-74-66(129)62(125)58(121)41(25-93)137-74;/h9-12,30-41,51-74,86-101,114-129H,1-8,13-29H2,(H,75,102)(H,76,103)(H,108,109)(H,110,111)(H,112,113);1H2/b77-9+,78-10+,79-11+,80-12+;/t30?,31?,32?,33?,34?,35?,36?,37?,38?,39?,40?,41?,51-,52-,53-,54+,55?,56?,57?,58?,59?,60?,61?,62?,63?,64?,65?,66?,67+,68+,69+,70+,71?,72?,73?,74?;/m0./s1. The van der Waals surface area contributed by atoms with E-state index in [1.807, 2.05) is 0 Å². The molecular formula is C74H129N11O57. The Bertz CT molecular complexity index is 3440. The van der Waals surface area contributed by atoms with Gasteiger partial charge < -0.3 is 252 Å². The van der Waals surface area contributed by atoms with Crippen LogP contribution in [-0.4, -0.2) is 672 Å². The maximum atomic E-state index is 13.7. The highest BCUT2D eigenvalue weighted by Gasteiger charge is 2.52. The van der Waals surface area contributed by atoms with Crippen molar-refractivity contribution in [1.82, 2.24) is 35.1 Å². The Balaban J connectivity index is 0.0000518. The molecule has 142 heavy (non-hydrogen) atoms. The number of hydrogen-bond donors (Lipinski definition) is 37. The normalized spacial score (nSPS) is 28.5. The number of imide groups is 2. The van der Waals surface area contributed by atoms with Crippen molar-refractivity contribution in [3.05, 3.63) is 0 Å². The van der Waals surface area contributed by atoms with Crippen molar-refractivity contribution < 1.29 is 285 Å². The first kappa shape index (κ1) is 128. The fourth-order valence-electron chi connectivity index (χ4n) is 13.3. The zero-order valence-corrected chi connectivity index (χ0v) is 75.0. The van der Waals surface area contributed by atoms with Crippen LogP contribution in [0.5, 0.6) is 0 Å². The van der Waals surface area contributed by atoms with Gasteiger partial charge in [-0.05, 0) is 0 Å². The Labute approximate surface area is 801 Å². The van der Waals surface area contributed by atoms with Crippen molar-refractivity contribution >= 4 is 78.2 Å². The second kappa shape index (κ2) is 64.7. The second-order valence-electron chi connectivity index (χ2n) is 31.7. The number of aliphatic carboxylic acids is 3. The summed E-state index contributed by atoms with van der Waals surface area (Å²) in [7, 11) is 0. The summed E-state index contributed by atoms with van der Waals surface area (Å²) < 4.78 is 42.0. The number of oxime groups is 4. The molecule has 39 N–H and O–H groups in total. The number of amides is 6. The van der Waals surface area contributed by atoms with Crippen molar-refractivity contribution in [3.8, 4) is 0 Å². The summed E-state index contributed by atoms with van der Waals surface area (Å²) in [6, 6.07) is 0. The van der Waals surface area contributed by atoms with E-state index in [1.165, 1.54) is 0 Å². The first-order valence-corrected chi connectivity index (χ1v) is 42.6. The Morgan fingerprint density at radius 2 is 0.500 bits per heavy atom. The number of ether oxygens (including phenoxy) is 8. The molecule has 6 amide bonds. The molecule has 0 aromatic heterocycles. The van der Waals surface area contributed by atoms with Crippen LogP contribution in [-0.2, 0) is 100 Å². The Morgan fingerprint density at radius 3 is 0.697 bits per heavy atom. The minimum atomic E-state index is -2.38. The van der Waals surface area contributed by atoms with Crippen LogP contribution in [0, 0.1) is 0 Å². The van der Waals surface area contributed by atoms with Crippen LogP contribution in [0.15, 0.2) is 20.6 Å². The number of rotatable bonds is 66. The average molecular weight is 2080 g/mol. The highest BCUT2D eigenvalue weighted by atomic mass is 16.7. The molecule has 4 aliphatic rings. The summed E-state index contributed by atoms with van der Waals surface area (Å²) >= 11 is 0. The number of aliphatic hydroxyl groups excluding tert-OH is 32. The molecule has 4 rings (SSSR count). The van der Waals surface area contributed by atoms with E-state index in [4.69, 9.17) is 57.2 Å². The van der Waals surface area contributed by atoms with Gasteiger partial charge in [0, 0.05) is 52.4 Å². The lowest BCUT2D eigenvalue weighted by atomic mass is 9.98. The molecule has 36 atom stereocenters. The SMILES string of the molecule is O.O=C(O)CN(CCN(CC(=O)O)CC(=O)NCCN(C(=O)CO/N=C/C(O)[C@@H](O)[C@H](OC1OC(CO)C(O)C(O)C1O)C(O)CO)C(=O)CO/N=C/C(O)[C@H](O)[C@H](OC1OC(CO)C(O)C(O)C1O)C(O)CO)CCN(CC(=O)O)CC(=O)NCCN(C(=O)CO/N=C/C(O)[C@H](O)[C@H](OC1OC(CO)C(O)C(O)C1O)C(O)CO)C(=O)CO/N=C/C(O)[C@H](O)[C@H](OC1OC(CO)C(O)C(O)C1O)C(O)CO. The molecule has 68 nitrogen and oxygen atoms in total. The minimum absolute atomic E-state index is 0. The molecule has 0 bridgehead atoms.